The van der Waals surface area contributed by atoms with Gasteiger partial charge in [-0.05, 0) is 57.0 Å². The number of ether oxygens (including phenoxy) is 2. The summed E-state index contributed by atoms with van der Waals surface area (Å²) < 4.78 is 10.7. The molecule has 1 saturated heterocycles. The van der Waals surface area contributed by atoms with Crippen LogP contribution in [0.25, 0.3) is 0 Å². The van der Waals surface area contributed by atoms with Crippen LogP contribution in [0.5, 0.6) is 5.75 Å². The number of carbonyl (C=O) groups excluding carboxylic acids is 1. The van der Waals surface area contributed by atoms with E-state index < -0.39 is 0 Å². The molecule has 4 heteroatoms. The minimum absolute atomic E-state index is 0.135. The number of hydrogen-bond donors (Lipinski definition) is 0. The van der Waals surface area contributed by atoms with E-state index in [-0.39, 0.29) is 5.97 Å². The molecule has 0 aromatic heterocycles. The third-order valence-corrected chi connectivity index (χ3v) is 3.97. The lowest BCUT2D eigenvalue weighted by Gasteiger charge is -2.26. The van der Waals surface area contributed by atoms with E-state index in [2.05, 4.69) is 4.90 Å². The van der Waals surface area contributed by atoms with Gasteiger partial charge in [0.05, 0.1) is 6.61 Å². The molecular formula is C18H27NO3. The molecule has 122 valence electrons. The number of likely N-dealkylation sites (tertiary alicyclic amines) is 1. The first-order valence-electron chi connectivity index (χ1n) is 8.37. The Morgan fingerprint density at radius 3 is 2.55 bits per heavy atom. The zero-order valence-corrected chi connectivity index (χ0v) is 13.6. The summed E-state index contributed by atoms with van der Waals surface area (Å²) in [5.74, 6) is 0.765. The first-order valence-corrected chi connectivity index (χ1v) is 8.37. The lowest BCUT2D eigenvalue weighted by atomic mass is 10.1. The first-order chi connectivity index (χ1) is 10.8. The fourth-order valence-electron chi connectivity index (χ4n) is 2.71. The van der Waals surface area contributed by atoms with Crippen molar-refractivity contribution < 1.29 is 14.3 Å². The number of nitrogens with zero attached hydrogens (tertiary/aromatic N) is 1. The standard InChI is InChI=1S/C18H27NO3/c1-2-21-18(20)11-8-16-6-9-17(10-7-16)22-15-14-19-12-4-3-5-13-19/h6-7,9-10H,2-5,8,11-15H2,1H3. The minimum atomic E-state index is -0.135. The number of piperidine rings is 1. The predicted octanol–water partition coefficient (Wildman–Crippen LogP) is 3.05. The summed E-state index contributed by atoms with van der Waals surface area (Å²) in [6.07, 6.45) is 5.14. The Morgan fingerprint density at radius 2 is 1.86 bits per heavy atom. The van der Waals surface area contributed by atoms with E-state index in [1.165, 1.54) is 32.4 Å². The van der Waals surface area contributed by atoms with Crippen LogP contribution in [0.15, 0.2) is 24.3 Å². The number of aryl methyl sites for hydroxylation is 1. The van der Waals surface area contributed by atoms with Gasteiger partial charge in [-0.2, -0.15) is 0 Å². The third kappa shape index (κ3) is 6.06. The highest BCUT2D eigenvalue weighted by atomic mass is 16.5. The topological polar surface area (TPSA) is 38.8 Å². The van der Waals surface area contributed by atoms with E-state index in [0.717, 1.165) is 24.5 Å². The summed E-state index contributed by atoms with van der Waals surface area (Å²) in [5, 5.41) is 0. The van der Waals surface area contributed by atoms with Crippen molar-refractivity contribution in [1.29, 1.82) is 0 Å². The number of benzene rings is 1. The van der Waals surface area contributed by atoms with E-state index in [1.54, 1.807) is 0 Å². The molecule has 0 saturated carbocycles. The largest absolute Gasteiger partial charge is 0.492 e. The highest BCUT2D eigenvalue weighted by molar-refractivity contribution is 5.69. The van der Waals surface area contributed by atoms with Gasteiger partial charge in [-0.1, -0.05) is 18.6 Å². The van der Waals surface area contributed by atoms with Crippen LogP contribution in [-0.4, -0.2) is 43.7 Å². The molecule has 2 rings (SSSR count). The molecule has 1 aromatic carbocycles. The zero-order chi connectivity index (χ0) is 15.6. The van der Waals surface area contributed by atoms with Crippen molar-refractivity contribution in [1.82, 2.24) is 4.90 Å². The minimum Gasteiger partial charge on any atom is -0.492 e. The molecule has 0 unspecified atom stereocenters. The van der Waals surface area contributed by atoms with Crippen LogP contribution in [0.4, 0.5) is 0 Å². The van der Waals surface area contributed by atoms with E-state index in [4.69, 9.17) is 9.47 Å². The summed E-state index contributed by atoms with van der Waals surface area (Å²) in [4.78, 5) is 13.8. The molecule has 1 heterocycles. The van der Waals surface area contributed by atoms with Gasteiger partial charge < -0.3 is 9.47 Å². The lowest BCUT2D eigenvalue weighted by molar-refractivity contribution is -0.143. The van der Waals surface area contributed by atoms with Crippen LogP contribution in [0.3, 0.4) is 0 Å². The number of esters is 1. The third-order valence-electron chi connectivity index (χ3n) is 3.97. The Labute approximate surface area is 133 Å². The van der Waals surface area contributed by atoms with Crippen LogP contribution in [0.2, 0.25) is 0 Å². The Morgan fingerprint density at radius 1 is 1.14 bits per heavy atom. The molecule has 0 aliphatic carbocycles. The molecule has 0 spiro atoms. The molecule has 0 radical (unpaired) electrons. The monoisotopic (exact) mass is 305 g/mol. The molecule has 0 N–H and O–H groups in total. The average molecular weight is 305 g/mol. The summed E-state index contributed by atoms with van der Waals surface area (Å²) >= 11 is 0. The lowest BCUT2D eigenvalue weighted by Crippen LogP contribution is -2.33. The van der Waals surface area contributed by atoms with Crippen molar-refractivity contribution in [3.8, 4) is 5.75 Å². The fraction of sp³-hybridized carbons (Fsp3) is 0.611. The zero-order valence-electron chi connectivity index (χ0n) is 13.6. The molecule has 1 fully saturated rings. The summed E-state index contributed by atoms with van der Waals surface area (Å²) in [5.41, 5.74) is 1.14. The van der Waals surface area contributed by atoms with Crippen LogP contribution in [0, 0.1) is 0 Å². The van der Waals surface area contributed by atoms with Gasteiger partial charge in [0.15, 0.2) is 0 Å². The molecule has 1 aliphatic heterocycles. The summed E-state index contributed by atoms with van der Waals surface area (Å²) in [6, 6.07) is 8.01. The van der Waals surface area contributed by atoms with Crippen molar-refractivity contribution in [2.45, 2.75) is 39.0 Å². The smallest absolute Gasteiger partial charge is 0.306 e. The predicted molar refractivity (Wildman–Crippen MR) is 87.2 cm³/mol. The quantitative estimate of drug-likeness (QED) is 0.692. The maximum absolute atomic E-state index is 11.3. The molecule has 22 heavy (non-hydrogen) atoms. The Hall–Kier alpha value is -1.55. The van der Waals surface area contributed by atoms with Gasteiger partial charge in [-0.3, -0.25) is 9.69 Å². The molecule has 1 aromatic rings. The Balaban J connectivity index is 1.66. The normalized spacial score (nSPS) is 15.5. The van der Waals surface area contributed by atoms with Crippen LogP contribution in [-0.2, 0) is 16.0 Å². The van der Waals surface area contributed by atoms with Gasteiger partial charge in [0.2, 0.25) is 0 Å². The number of rotatable bonds is 8. The second-order valence-corrected chi connectivity index (χ2v) is 5.70. The van der Waals surface area contributed by atoms with Crippen molar-refractivity contribution in [3.05, 3.63) is 29.8 Å². The van der Waals surface area contributed by atoms with E-state index in [0.29, 0.717) is 19.4 Å². The van der Waals surface area contributed by atoms with Gasteiger partial charge in [-0.25, -0.2) is 0 Å². The first kappa shape index (κ1) is 16.8. The molecule has 4 nitrogen and oxygen atoms in total. The fourth-order valence-corrected chi connectivity index (χ4v) is 2.71. The van der Waals surface area contributed by atoms with Gasteiger partial charge in [0.1, 0.15) is 12.4 Å². The van der Waals surface area contributed by atoms with Gasteiger partial charge in [-0.15, -0.1) is 0 Å². The van der Waals surface area contributed by atoms with E-state index in [9.17, 15) is 4.79 Å². The van der Waals surface area contributed by atoms with Gasteiger partial charge in [0.25, 0.3) is 0 Å². The highest BCUT2D eigenvalue weighted by Crippen LogP contribution is 2.14. The molecule has 1 aliphatic rings. The molecule has 0 bridgehead atoms. The Kier molecular flexibility index (Phi) is 7.23. The van der Waals surface area contributed by atoms with E-state index >= 15 is 0 Å². The second kappa shape index (κ2) is 9.46. The Bertz CT molecular complexity index is 438. The van der Waals surface area contributed by atoms with Crippen LogP contribution < -0.4 is 4.74 Å². The van der Waals surface area contributed by atoms with Crippen molar-refractivity contribution in [3.63, 3.8) is 0 Å². The summed E-state index contributed by atoms with van der Waals surface area (Å²) in [6.45, 7) is 6.43. The second-order valence-electron chi connectivity index (χ2n) is 5.70. The van der Waals surface area contributed by atoms with Crippen molar-refractivity contribution >= 4 is 5.97 Å². The summed E-state index contributed by atoms with van der Waals surface area (Å²) in [7, 11) is 0. The van der Waals surface area contributed by atoms with E-state index in [1.807, 2.05) is 31.2 Å². The van der Waals surface area contributed by atoms with Gasteiger partial charge in [0, 0.05) is 13.0 Å². The maximum atomic E-state index is 11.3. The SMILES string of the molecule is CCOC(=O)CCc1ccc(OCCN2CCCCC2)cc1. The van der Waals surface area contributed by atoms with Crippen molar-refractivity contribution in [2.75, 3.05) is 32.8 Å². The molecule has 0 atom stereocenters. The highest BCUT2D eigenvalue weighted by Gasteiger charge is 2.09. The van der Waals surface area contributed by atoms with Crippen LogP contribution in [0.1, 0.15) is 38.2 Å². The molecular weight excluding hydrogens is 278 g/mol. The maximum Gasteiger partial charge on any atom is 0.306 e. The molecule has 0 amide bonds. The van der Waals surface area contributed by atoms with Crippen molar-refractivity contribution in [2.24, 2.45) is 0 Å². The van der Waals surface area contributed by atoms with Gasteiger partial charge >= 0.3 is 5.97 Å². The number of carbonyl (C=O) groups is 1. The average Bonchev–Trinajstić information content (AvgIpc) is 2.55. The van der Waals surface area contributed by atoms with Crippen LogP contribution >= 0.6 is 0 Å². The number of hydrogen-bond acceptors (Lipinski definition) is 4.